The lowest BCUT2D eigenvalue weighted by molar-refractivity contribution is 0.0543. The number of imide groups is 1. The summed E-state index contributed by atoms with van der Waals surface area (Å²) in [5.41, 5.74) is 2.98. The molecule has 208 valence electrons. The summed E-state index contributed by atoms with van der Waals surface area (Å²) in [6.45, 7) is 8.87. The minimum atomic E-state index is -0.241. The monoisotopic (exact) mass is 672 g/mol. The fraction of sp³-hybridized carbons (Fsp3) is 0.324. The summed E-state index contributed by atoms with van der Waals surface area (Å²) >= 11 is 7.68. The van der Waals surface area contributed by atoms with E-state index >= 15 is 0 Å². The molecule has 2 aliphatic rings. The van der Waals surface area contributed by atoms with Gasteiger partial charge in [0.05, 0.1) is 0 Å². The molecule has 0 bridgehead atoms. The van der Waals surface area contributed by atoms with Crippen LogP contribution in [0.1, 0.15) is 90.0 Å². The van der Waals surface area contributed by atoms with E-state index in [9.17, 15) is 14.4 Å². The van der Waals surface area contributed by atoms with Gasteiger partial charge in [-0.2, -0.15) is 0 Å². The Morgan fingerprint density at radius 3 is 1.83 bits per heavy atom. The van der Waals surface area contributed by atoms with Gasteiger partial charge in [-0.25, -0.2) is 0 Å². The highest BCUT2D eigenvalue weighted by Crippen LogP contribution is 2.50. The first-order valence-corrected chi connectivity index (χ1v) is 16.0. The molecule has 5 nitrogen and oxygen atoms in total. The number of fused-ring (bicyclic) bond motifs is 2. The van der Waals surface area contributed by atoms with Crippen molar-refractivity contribution in [1.82, 2.24) is 9.80 Å². The van der Waals surface area contributed by atoms with Crippen LogP contribution in [0.3, 0.4) is 0 Å². The highest BCUT2D eigenvalue weighted by Gasteiger charge is 2.38. The van der Waals surface area contributed by atoms with Gasteiger partial charge in [-0.1, -0.05) is 76.7 Å². The molecule has 3 amide bonds. The Morgan fingerprint density at radius 2 is 1.20 bits per heavy atom. The van der Waals surface area contributed by atoms with Gasteiger partial charge < -0.3 is 4.90 Å². The summed E-state index contributed by atoms with van der Waals surface area (Å²) in [4.78, 5) is 44.9. The van der Waals surface area contributed by atoms with E-state index in [1.54, 1.807) is 0 Å². The van der Waals surface area contributed by atoms with E-state index in [2.05, 4.69) is 64.8 Å². The molecule has 5 aromatic carbocycles. The first-order valence-electron chi connectivity index (χ1n) is 14.5. The Bertz CT molecular complexity index is 1980. The average Bonchev–Trinajstić information content (AvgIpc) is 2.94. The maximum atomic E-state index is 13.9. The Morgan fingerprint density at radius 1 is 0.659 bits per heavy atom. The van der Waals surface area contributed by atoms with Gasteiger partial charge in [-0.15, -0.1) is 0 Å². The van der Waals surface area contributed by atoms with Crippen molar-refractivity contribution in [2.45, 2.75) is 72.0 Å². The van der Waals surface area contributed by atoms with E-state index in [0.29, 0.717) is 17.7 Å². The van der Waals surface area contributed by atoms with Crippen LogP contribution in [-0.2, 0) is 6.54 Å². The van der Waals surface area contributed by atoms with Crippen LogP contribution in [0.15, 0.2) is 45.3 Å². The van der Waals surface area contributed by atoms with Crippen molar-refractivity contribution < 1.29 is 14.4 Å². The highest BCUT2D eigenvalue weighted by atomic mass is 79.9. The number of carbonyl (C=O) groups excluding carboxylic acids is 3. The van der Waals surface area contributed by atoms with Gasteiger partial charge in [0.15, 0.2) is 0 Å². The van der Waals surface area contributed by atoms with Gasteiger partial charge in [0.2, 0.25) is 0 Å². The predicted molar refractivity (Wildman–Crippen MR) is 172 cm³/mol. The minimum absolute atomic E-state index is 0.0652. The van der Waals surface area contributed by atoms with Crippen molar-refractivity contribution in [2.75, 3.05) is 0 Å². The van der Waals surface area contributed by atoms with Gasteiger partial charge in [-0.3, -0.25) is 19.3 Å². The zero-order valence-corrected chi connectivity index (χ0v) is 26.7. The number of benzene rings is 5. The molecule has 5 aromatic rings. The van der Waals surface area contributed by atoms with Crippen molar-refractivity contribution in [3.8, 4) is 0 Å². The highest BCUT2D eigenvalue weighted by molar-refractivity contribution is 9.11. The molecule has 0 N–H and O–H groups in total. The lowest BCUT2D eigenvalue weighted by Crippen LogP contribution is -2.45. The van der Waals surface area contributed by atoms with E-state index in [0.717, 1.165) is 88.8 Å². The third-order valence-electron chi connectivity index (χ3n) is 9.21. The molecule has 0 radical (unpaired) electrons. The minimum Gasteiger partial charge on any atom is -0.332 e. The molecule has 0 aliphatic carbocycles. The zero-order valence-electron chi connectivity index (χ0n) is 23.5. The van der Waals surface area contributed by atoms with E-state index in [1.807, 2.05) is 36.1 Å². The average molecular weight is 674 g/mol. The molecular formula is C34H30Br2N2O3. The summed E-state index contributed by atoms with van der Waals surface area (Å²) in [7, 11) is 0. The first-order chi connectivity index (χ1) is 19.7. The molecule has 2 atom stereocenters. The van der Waals surface area contributed by atoms with Crippen LogP contribution >= 0.6 is 31.9 Å². The summed E-state index contributed by atoms with van der Waals surface area (Å²) in [6, 6.07) is 12.0. The number of halogens is 2. The molecule has 0 saturated carbocycles. The fourth-order valence-corrected chi connectivity index (χ4v) is 8.65. The molecule has 2 unspecified atom stereocenters. The Hall–Kier alpha value is -3.03. The van der Waals surface area contributed by atoms with Crippen molar-refractivity contribution in [3.63, 3.8) is 0 Å². The molecule has 7 heteroatoms. The van der Waals surface area contributed by atoms with Crippen molar-refractivity contribution in [3.05, 3.63) is 67.6 Å². The normalized spacial score (nSPS) is 16.7. The molecule has 0 spiro atoms. The number of amides is 3. The molecule has 2 aliphatic heterocycles. The molecule has 2 heterocycles. The van der Waals surface area contributed by atoms with E-state index in [1.165, 1.54) is 4.90 Å². The maximum absolute atomic E-state index is 13.9. The number of hydrogen-bond acceptors (Lipinski definition) is 3. The largest absolute Gasteiger partial charge is 0.332 e. The summed E-state index contributed by atoms with van der Waals surface area (Å²) < 4.78 is 1.65. The van der Waals surface area contributed by atoms with Gasteiger partial charge in [0.25, 0.3) is 17.7 Å². The van der Waals surface area contributed by atoms with E-state index in [4.69, 9.17) is 0 Å². The third-order valence-corrected chi connectivity index (χ3v) is 10.5. The molecule has 0 saturated heterocycles. The van der Waals surface area contributed by atoms with Crippen LogP contribution < -0.4 is 0 Å². The Kier molecular flexibility index (Phi) is 6.22. The SMILES string of the molecule is CCCC(C)N1Cc2ccc3c4c(Br)cc5c6c(ccc(c7c(Br)cc(c2c37)C1=O)c64)C(=O)N(C(C)CCC)C5=O. The van der Waals surface area contributed by atoms with Crippen LogP contribution in [0.5, 0.6) is 0 Å². The first kappa shape index (κ1) is 26.8. The molecule has 0 aromatic heterocycles. The maximum Gasteiger partial charge on any atom is 0.261 e. The molecule has 7 rings (SSSR count). The van der Waals surface area contributed by atoms with Crippen molar-refractivity contribution in [2.24, 2.45) is 0 Å². The Balaban J connectivity index is 1.58. The van der Waals surface area contributed by atoms with Crippen molar-refractivity contribution >= 4 is 92.7 Å². The quantitative estimate of drug-likeness (QED) is 0.103. The lowest BCUT2D eigenvalue weighted by Gasteiger charge is -2.35. The smallest absolute Gasteiger partial charge is 0.261 e. The number of nitrogens with zero attached hydrogens (tertiary/aromatic N) is 2. The number of rotatable bonds is 6. The second-order valence-corrected chi connectivity index (χ2v) is 13.4. The van der Waals surface area contributed by atoms with Crippen molar-refractivity contribution in [1.29, 1.82) is 0 Å². The van der Waals surface area contributed by atoms with Crippen LogP contribution in [0.2, 0.25) is 0 Å². The fourth-order valence-electron chi connectivity index (χ4n) is 7.37. The molecule has 0 fully saturated rings. The zero-order chi connectivity index (χ0) is 28.9. The standard InChI is InChI=1S/C34H30Br2N2O3/c1-5-7-16(3)37-15-18-9-10-19-29-25(36)14-23-27-21(33(40)38(34(23)41)17(4)8-6-2)12-11-20(31(27)29)28-24(35)13-22(32(37)39)26(18)30(19)28/h9-14,16-17H,5-8,15H2,1-4H3. The number of hydrogen-bond donors (Lipinski definition) is 0. The van der Waals surface area contributed by atoms with Gasteiger partial charge in [0, 0.05) is 71.2 Å². The second-order valence-electron chi connectivity index (χ2n) is 11.7. The van der Waals surface area contributed by atoms with Crippen LogP contribution in [0.4, 0.5) is 0 Å². The van der Waals surface area contributed by atoms with E-state index in [-0.39, 0.29) is 29.8 Å². The van der Waals surface area contributed by atoms with Crippen LogP contribution in [0, 0.1) is 0 Å². The lowest BCUT2D eigenvalue weighted by atomic mass is 9.82. The van der Waals surface area contributed by atoms with Gasteiger partial charge >= 0.3 is 0 Å². The molecule has 41 heavy (non-hydrogen) atoms. The summed E-state index contributed by atoms with van der Waals surface area (Å²) in [5, 5.41) is 7.63. The third kappa shape index (κ3) is 3.54. The predicted octanol–water partition coefficient (Wildman–Crippen LogP) is 9.19. The second kappa shape index (κ2) is 9.50. The Labute approximate surface area is 255 Å². The van der Waals surface area contributed by atoms with Crippen LogP contribution in [-0.4, -0.2) is 39.6 Å². The van der Waals surface area contributed by atoms with E-state index < -0.39 is 0 Å². The number of carbonyl (C=O) groups is 3. The van der Waals surface area contributed by atoms with Gasteiger partial charge in [0.1, 0.15) is 0 Å². The van der Waals surface area contributed by atoms with Crippen LogP contribution in [0.25, 0.3) is 43.1 Å². The topological polar surface area (TPSA) is 57.7 Å². The summed E-state index contributed by atoms with van der Waals surface area (Å²) in [6.07, 6.45) is 3.63. The molecular weight excluding hydrogens is 644 g/mol. The summed E-state index contributed by atoms with van der Waals surface area (Å²) in [5.74, 6) is -0.407. The van der Waals surface area contributed by atoms with Gasteiger partial charge in [-0.05, 0) is 66.6 Å².